The molecule has 2 aromatic rings. The van der Waals surface area contributed by atoms with Crippen LogP contribution in [-0.4, -0.2) is 9.97 Å². The summed E-state index contributed by atoms with van der Waals surface area (Å²) >= 11 is 3.08. The zero-order valence-electron chi connectivity index (χ0n) is 8.45. The van der Waals surface area contributed by atoms with E-state index in [1.807, 2.05) is 6.92 Å². The molecule has 0 unspecified atom stereocenters. The van der Waals surface area contributed by atoms with Gasteiger partial charge < -0.3 is 4.74 Å². The van der Waals surface area contributed by atoms with Crippen molar-refractivity contribution in [1.29, 1.82) is 0 Å². The zero-order valence-corrected chi connectivity index (χ0v) is 10.0. The van der Waals surface area contributed by atoms with Gasteiger partial charge in [-0.1, -0.05) is 0 Å². The Kier molecular flexibility index (Phi) is 3.14. The lowest BCUT2D eigenvalue weighted by Crippen LogP contribution is -1.92. The van der Waals surface area contributed by atoms with Gasteiger partial charge in [-0.3, -0.25) is 0 Å². The monoisotopic (exact) mass is 282 g/mol. The van der Waals surface area contributed by atoms with Crippen LogP contribution in [0.4, 0.5) is 4.39 Å². The van der Waals surface area contributed by atoms with Crippen LogP contribution >= 0.6 is 15.9 Å². The van der Waals surface area contributed by atoms with Crippen LogP contribution < -0.4 is 4.74 Å². The number of aryl methyl sites for hydroxylation is 1. The Morgan fingerprint density at radius 2 is 1.94 bits per heavy atom. The van der Waals surface area contributed by atoms with E-state index >= 15 is 0 Å². The fraction of sp³-hybridized carbons (Fsp3) is 0.0909. The first-order chi connectivity index (χ1) is 7.65. The minimum Gasteiger partial charge on any atom is -0.424 e. The third-order valence-corrected chi connectivity index (χ3v) is 2.47. The predicted molar refractivity (Wildman–Crippen MR) is 60.9 cm³/mol. The Balaban J connectivity index is 2.20. The van der Waals surface area contributed by atoms with Gasteiger partial charge in [-0.2, -0.15) is 0 Å². The zero-order chi connectivity index (χ0) is 11.5. The SMILES string of the molecule is Cc1cnc(Oc2ccc(F)c(Br)c2)nc1. The molecule has 0 atom stereocenters. The summed E-state index contributed by atoms with van der Waals surface area (Å²) in [5.74, 6) is 0.148. The molecule has 0 N–H and O–H groups in total. The topological polar surface area (TPSA) is 35.0 Å². The van der Waals surface area contributed by atoms with Gasteiger partial charge in [0, 0.05) is 12.4 Å². The summed E-state index contributed by atoms with van der Waals surface area (Å²) in [6.07, 6.45) is 3.31. The first-order valence-corrected chi connectivity index (χ1v) is 5.36. The molecule has 0 aliphatic rings. The summed E-state index contributed by atoms with van der Waals surface area (Å²) in [5, 5.41) is 0. The summed E-state index contributed by atoms with van der Waals surface area (Å²) < 4.78 is 18.7. The number of halogens is 2. The average Bonchev–Trinajstić information content (AvgIpc) is 2.27. The van der Waals surface area contributed by atoms with E-state index in [4.69, 9.17) is 4.74 Å². The van der Waals surface area contributed by atoms with E-state index in [1.54, 1.807) is 12.4 Å². The summed E-state index contributed by atoms with van der Waals surface area (Å²) in [6, 6.07) is 4.60. The normalized spacial score (nSPS) is 10.2. The maximum atomic E-state index is 13.0. The van der Waals surface area contributed by atoms with Gasteiger partial charge in [-0.05, 0) is 46.6 Å². The highest BCUT2D eigenvalue weighted by atomic mass is 79.9. The fourth-order valence-corrected chi connectivity index (χ4v) is 1.44. The van der Waals surface area contributed by atoms with Crippen molar-refractivity contribution in [2.45, 2.75) is 6.92 Å². The number of nitrogens with zero attached hydrogens (tertiary/aromatic N) is 2. The average molecular weight is 283 g/mol. The van der Waals surface area contributed by atoms with Crippen molar-refractivity contribution in [3.05, 3.63) is 46.4 Å². The van der Waals surface area contributed by atoms with Crippen molar-refractivity contribution in [3.63, 3.8) is 0 Å². The molecule has 0 bridgehead atoms. The maximum absolute atomic E-state index is 13.0. The van der Waals surface area contributed by atoms with Crippen LogP contribution in [0, 0.1) is 12.7 Å². The largest absolute Gasteiger partial charge is 0.424 e. The Bertz CT molecular complexity index is 502. The molecule has 82 valence electrons. The highest BCUT2D eigenvalue weighted by Gasteiger charge is 2.03. The molecule has 0 amide bonds. The summed E-state index contributed by atoms with van der Waals surface area (Å²) in [5.41, 5.74) is 0.952. The van der Waals surface area contributed by atoms with Crippen LogP contribution in [0.5, 0.6) is 11.8 Å². The van der Waals surface area contributed by atoms with E-state index in [0.717, 1.165) is 5.56 Å². The van der Waals surface area contributed by atoms with Crippen LogP contribution in [-0.2, 0) is 0 Å². The van der Waals surface area contributed by atoms with Gasteiger partial charge in [-0.15, -0.1) is 0 Å². The highest BCUT2D eigenvalue weighted by molar-refractivity contribution is 9.10. The van der Waals surface area contributed by atoms with Gasteiger partial charge in [-0.25, -0.2) is 14.4 Å². The van der Waals surface area contributed by atoms with Gasteiger partial charge in [0.15, 0.2) is 0 Å². The van der Waals surface area contributed by atoms with Crippen molar-refractivity contribution < 1.29 is 9.13 Å². The Morgan fingerprint density at radius 3 is 2.56 bits per heavy atom. The van der Waals surface area contributed by atoms with E-state index in [9.17, 15) is 4.39 Å². The molecule has 3 nitrogen and oxygen atoms in total. The Morgan fingerprint density at radius 1 is 1.25 bits per heavy atom. The summed E-state index contributed by atoms with van der Waals surface area (Å²) in [6.45, 7) is 1.89. The lowest BCUT2D eigenvalue weighted by Gasteiger charge is -2.04. The molecule has 1 heterocycles. The molecule has 1 aromatic carbocycles. The minimum atomic E-state index is -0.336. The van der Waals surface area contributed by atoms with Crippen LogP contribution in [0.2, 0.25) is 0 Å². The number of aromatic nitrogens is 2. The predicted octanol–water partition coefficient (Wildman–Crippen LogP) is 3.48. The molecule has 0 saturated carbocycles. The second-order valence-corrected chi connectivity index (χ2v) is 4.08. The molecule has 0 saturated heterocycles. The third-order valence-electron chi connectivity index (χ3n) is 1.86. The van der Waals surface area contributed by atoms with E-state index in [0.29, 0.717) is 10.2 Å². The molecule has 0 aliphatic heterocycles. The first kappa shape index (κ1) is 11.0. The number of hydrogen-bond acceptors (Lipinski definition) is 3. The van der Waals surface area contributed by atoms with Crippen molar-refractivity contribution in [3.8, 4) is 11.8 Å². The van der Waals surface area contributed by atoms with Gasteiger partial charge in [0.1, 0.15) is 11.6 Å². The molecule has 2 rings (SSSR count). The van der Waals surface area contributed by atoms with Crippen molar-refractivity contribution in [2.24, 2.45) is 0 Å². The number of hydrogen-bond donors (Lipinski definition) is 0. The molecule has 0 spiro atoms. The van der Waals surface area contributed by atoms with Crippen LogP contribution in [0.3, 0.4) is 0 Å². The summed E-state index contributed by atoms with van der Waals surface area (Å²) in [4.78, 5) is 7.97. The number of rotatable bonds is 2. The van der Waals surface area contributed by atoms with Gasteiger partial charge >= 0.3 is 6.01 Å². The quantitative estimate of drug-likeness (QED) is 0.846. The van der Waals surface area contributed by atoms with Crippen LogP contribution in [0.1, 0.15) is 5.56 Å². The lowest BCUT2D eigenvalue weighted by molar-refractivity contribution is 0.439. The standard InChI is InChI=1S/C11H8BrFN2O/c1-7-5-14-11(15-6-7)16-8-2-3-10(13)9(12)4-8/h2-6H,1H3. The van der Waals surface area contributed by atoms with E-state index in [-0.39, 0.29) is 11.8 Å². The molecule has 0 fully saturated rings. The number of ether oxygens (including phenoxy) is 1. The maximum Gasteiger partial charge on any atom is 0.321 e. The fourth-order valence-electron chi connectivity index (χ4n) is 1.08. The van der Waals surface area contributed by atoms with Crippen molar-refractivity contribution >= 4 is 15.9 Å². The lowest BCUT2D eigenvalue weighted by atomic mass is 10.3. The van der Waals surface area contributed by atoms with Gasteiger partial charge in [0.2, 0.25) is 0 Å². The van der Waals surface area contributed by atoms with E-state index in [1.165, 1.54) is 18.2 Å². The Labute approximate surface area is 100 Å². The Hall–Kier alpha value is -1.49. The molecule has 0 radical (unpaired) electrons. The van der Waals surface area contributed by atoms with Crippen LogP contribution in [0.15, 0.2) is 35.1 Å². The van der Waals surface area contributed by atoms with Gasteiger partial charge in [0.25, 0.3) is 0 Å². The molecular weight excluding hydrogens is 275 g/mol. The van der Waals surface area contributed by atoms with E-state index in [2.05, 4.69) is 25.9 Å². The molecule has 5 heteroatoms. The molecule has 1 aromatic heterocycles. The smallest absolute Gasteiger partial charge is 0.321 e. The first-order valence-electron chi connectivity index (χ1n) is 4.57. The second-order valence-electron chi connectivity index (χ2n) is 3.22. The van der Waals surface area contributed by atoms with Crippen molar-refractivity contribution in [1.82, 2.24) is 9.97 Å². The summed E-state index contributed by atoms with van der Waals surface area (Å²) in [7, 11) is 0. The van der Waals surface area contributed by atoms with Gasteiger partial charge in [0.05, 0.1) is 4.47 Å². The minimum absolute atomic E-state index is 0.240. The van der Waals surface area contributed by atoms with Crippen LogP contribution in [0.25, 0.3) is 0 Å². The number of benzene rings is 1. The molecular formula is C11H8BrFN2O. The second kappa shape index (κ2) is 4.57. The molecule has 16 heavy (non-hydrogen) atoms. The third kappa shape index (κ3) is 2.55. The molecule has 0 aliphatic carbocycles. The van der Waals surface area contributed by atoms with Crippen molar-refractivity contribution in [2.75, 3.05) is 0 Å². The highest BCUT2D eigenvalue weighted by Crippen LogP contribution is 2.24. The van der Waals surface area contributed by atoms with E-state index < -0.39 is 0 Å².